The molecule has 0 amide bonds. The minimum absolute atomic E-state index is 0.0652. The SMILES string of the molecule is COP(C)(=O)N[C@@H]1CCCC[C@H]1O. The van der Waals surface area contributed by atoms with Crippen LogP contribution in [0.5, 0.6) is 0 Å². The van der Waals surface area contributed by atoms with Gasteiger partial charge in [0, 0.05) is 19.8 Å². The van der Waals surface area contributed by atoms with E-state index in [2.05, 4.69) is 5.09 Å². The molecule has 1 aliphatic carbocycles. The van der Waals surface area contributed by atoms with Crippen LogP contribution in [-0.2, 0) is 9.09 Å². The van der Waals surface area contributed by atoms with E-state index < -0.39 is 7.52 Å². The molecule has 1 fully saturated rings. The Kier molecular flexibility index (Phi) is 3.92. The molecule has 0 bridgehead atoms. The number of hydrogen-bond acceptors (Lipinski definition) is 3. The van der Waals surface area contributed by atoms with Gasteiger partial charge < -0.3 is 9.63 Å². The molecule has 1 rings (SSSR count). The molecule has 0 radical (unpaired) electrons. The van der Waals surface area contributed by atoms with Crippen molar-refractivity contribution in [2.75, 3.05) is 13.8 Å². The maximum atomic E-state index is 11.6. The fourth-order valence-corrected chi connectivity index (χ4v) is 2.62. The molecule has 0 saturated heterocycles. The van der Waals surface area contributed by atoms with E-state index in [4.69, 9.17) is 4.52 Å². The summed E-state index contributed by atoms with van der Waals surface area (Å²) >= 11 is 0. The smallest absolute Gasteiger partial charge is 0.266 e. The normalized spacial score (nSPS) is 34.1. The molecule has 1 unspecified atom stereocenters. The first-order valence-corrected chi connectivity index (χ1v) is 6.71. The van der Waals surface area contributed by atoms with E-state index in [1.165, 1.54) is 13.8 Å². The van der Waals surface area contributed by atoms with Crippen LogP contribution in [0.15, 0.2) is 0 Å². The molecule has 78 valence electrons. The average Bonchev–Trinajstić information content (AvgIpc) is 2.09. The van der Waals surface area contributed by atoms with E-state index in [-0.39, 0.29) is 12.1 Å². The Labute approximate surface area is 79.2 Å². The third-order valence-electron chi connectivity index (χ3n) is 2.48. The first-order valence-electron chi connectivity index (χ1n) is 4.64. The van der Waals surface area contributed by atoms with Crippen molar-refractivity contribution < 1.29 is 14.2 Å². The van der Waals surface area contributed by atoms with Gasteiger partial charge in [0.15, 0.2) is 0 Å². The van der Waals surface area contributed by atoms with Gasteiger partial charge in [-0.25, -0.2) is 5.09 Å². The standard InChI is InChI=1S/C8H18NO3P/c1-12-13(2,11)9-7-5-3-4-6-8(7)10/h7-8,10H,3-6H2,1-2H3,(H,9,11)/t7-,8-,13?/m1/s1. The van der Waals surface area contributed by atoms with Gasteiger partial charge in [-0.2, -0.15) is 0 Å². The zero-order valence-corrected chi connectivity index (χ0v) is 9.09. The van der Waals surface area contributed by atoms with Crippen LogP contribution in [0.3, 0.4) is 0 Å². The van der Waals surface area contributed by atoms with Gasteiger partial charge in [0.05, 0.1) is 6.10 Å². The molecule has 0 aromatic carbocycles. The van der Waals surface area contributed by atoms with Crippen LogP contribution in [0, 0.1) is 0 Å². The minimum atomic E-state index is -2.69. The summed E-state index contributed by atoms with van der Waals surface area (Å²) in [7, 11) is -1.27. The van der Waals surface area contributed by atoms with Crippen LogP contribution in [0.4, 0.5) is 0 Å². The average molecular weight is 207 g/mol. The zero-order valence-electron chi connectivity index (χ0n) is 8.19. The van der Waals surface area contributed by atoms with Crippen molar-refractivity contribution in [1.29, 1.82) is 0 Å². The molecule has 1 aliphatic rings. The summed E-state index contributed by atoms with van der Waals surface area (Å²) in [6.07, 6.45) is 3.43. The number of aliphatic hydroxyl groups is 1. The predicted octanol–water partition coefficient (Wildman–Crippen LogP) is 1.35. The fourth-order valence-electron chi connectivity index (χ4n) is 1.62. The molecule has 13 heavy (non-hydrogen) atoms. The topological polar surface area (TPSA) is 58.6 Å². The summed E-state index contributed by atoms with van der Waals surface area (Å²) in [5, 5.41) is 12.5. The van der Waals surface area contributed by atoms with Crippen LogP contribution in [0.25, 0.3) is 0 Å². The fraction of sp³-hybridized carbons (Fsp3) is 1.00. The molecule has 4 nitrogen and oxygen atoms in total. The van der Waals surface area contributed by atoms with Gasteiger partial charge in [-0.1, -0.05) is 12.8 Å². The Morgan fingerprint density at radius 1 is 1.46 bits per heavy atom. The molecular formula is C8H18NO3P. The summed E-state index contributed by atoms with van der Waals surface area (Å²) in [5.74, 6) is 0. The lowest BCUT2D eigenvalue weighted by Crippen LogP contribution is -2.40. The lowest BCUT2D eigenvalue weighted by Gasteiger charge is -2.30. The highest BCUT2D eigenvalue weighted by Gasteiger charge is 2.27. The van der Waals surface area contributed by atoms with Crippen molar-refractivity contribution in [2.45, 2.75) is 37.8 Å². The monoisotopic (exact) mass is 207 g/mol. The molecule has 5 heteroatoms. The summed E-state index contributed by atoms with van der Waals surface area (Å²) in [6, 6.07) is -0.0652. The number of aliphatic hydroxyl groups excluding tert-OH is 1. The van der Waals surface area contributed by atoms with Crippen molar-refractivity contribution in [2.24, 2.45) is 0 Å². The second-order valence-corrected chi connectivity index (χ2v) is 5.93. The number of rotatable bonds is 3. The maximum Gasteiger partial charge on any atom is 0.266 e. The van der Waals surface area contributed by atoms with Crippen molar-refractivity contribution >= 4 is 7.52 Å². The zero-order chi connectivity index (χ0) is 9.90. The molecule has 2 N–H and O–H groups in total. The molecule has 0 aromatic heterocycles. The van der Waals surface area contributed by atoms with Crippen LogP contribution >= 0.6 is 7.52 Å². The predicted molar refractivity (Wildman–Crippen MR) is 51.9 cm³/mol. The number of nitrogens with one attached hydrogen (secondary N) is 1. The third-order valence-corrected chi connectivity index (χ3v) is 3.98. The molecule has 1 saturated carbocycles. The highest BCUT2D eigenvalue weighted by Crippen LogP contribution is 2.38. The van der Waals surface area contributed by atoms with E-state index in [0.29, 0.717) is 0 Å². The van der Waals surface area contributed by atoms with Gasteiger partial charge in [-0.05, 0) is 12.8 Å². The van der Waals surface area contributed by atoms with Crippen molar-refractivity contribution in [3.8, 4) is 0 Å². The Bertz CT molecular complexity index is 210. The quantitative estimate of drug-likeness (QED) is 0.686. The number of hydrogen-bond donors (Lipinski definition) is 2. The van der Waals surface area contributed by atoms with Crippen LogP contribution in [0.1, 0.15) is 25.7 Å². The van der Waals surface area contributed by atoms with E-state index in [0.717, 1.165) is 25.7 Å². The summed E-state index contributed by atoms with van der Waals surface area (Å²) < 4.78 is 16.4. The van der Waals surface area contributed by atoms with E-state index in [1.54, 1.807) is 0 Å². The highest BCUT2D eigenvalue weighted by atomic mass is 31.2. The van der Waals surface area contributed by atoms with Crippen LogP contribution in [0.2, 0.25) is 0 Å². The Morgan fingerprint density at radius 3 is 2.62 bits per heavy atom. The largest absolute Gasteiger partial charge is 0.391 e. The molecule has 0 spiro atoms. The lowest BCUT2D eigenvalue weighted by molar-refractivity contribution is 0.0991. The Morgan fingerprint density at radius 2 is 2.08 bits per heavy atom. The van der Waals surface area contributed by atoms with Crippen molar-refractivity contribution in [1.82, 2.24) is 5.09 Å². The van der Waals surface area contributed by atoms with E-state index in [9.17, 15) is 9.67 Å². The third kappa shape index (κ3) is 3.39. The molecule has 0 aromatic rings. The molecule has 3 atom stereocenters. The van der Waals surface area contributed by atoms with Gasteiger partial charge in [-0.15, -0.1) is 0 Å². The molecular weight excluding hydrogens is 189 g/mol. The first kappa shape index (κ1) is 11.2. The summed E-state index contributed by atoms with van der Waals surface area (Å²) in [4.78, 5) is 0. The van der Waals surface area contributed by atoms with Gasteiger partial charge in [0.2, 0.25) is 0 Å². The summed E-state index contributed by atoms with van der Waals surface area (Å²) in [6.45, 7) is 1.54. The maximum absolute atomic E-state index is 11.6. The van der Waals surface area contributed by atoms with Crippen LogP contribution < -0.4 is 5.09 Å². The van der Waals surface area contributed by atoms with Gasteiger partial charge in [-0.3, -0.25) is 4.57 Å². The van der Waals surface area contributed by atoms with E-state index >= 15 is 0 Å². The van der Waals surface area contributed by atoms with Crippen molar-refractivity contribution in [3.05, 3.63) is 0 Å². The second kappa shape index (κ2) is 4.56. The first-order chi connectivity index (χ1) is 6.05. The highest BCUT2D eigenvalue weighted by molar-refractivity contribution is 7.56. The van der Waals surface area contributed by atoms with Gasteiger partial charge >= 0.3 is 0 Å². The van der Waals surface area contributed by atoms with Gasteiger partial charge in [0.1, 0.15) is 0 Å². The van der Waals surface area contributed by atoms with Crippen molar-refractivity contribution in [3.63, 3.8) is 0 Å². The Hall–Kier alpha value is 0.110. The Balaban J connectivity index is 2.47. The lowest BCUT2D eigenvalue weighted by atomic mass is 9.93. The second-order valence-electron chi connectivity index (χ2n) is 3.62. The van der Waals surface area contributed by atoms with E-state index in [1.807, 2.05) is 0 Å². The summed E-state index contributed by atoms with van der Waals surface area (Å²) in [5.41, 5.74) is 0. The van der Waals surface area contributed by atoms with Gasteiger partial charge in [0.25, 0.3) is 7.52 Å². The van der Waals surface area contributed by atoms with Crippen LogP contribution in [-0.4, -0.2) is 31.0 Å². The molecule has 0 aliphatic heterocycles. The molecule has 0 heterocycles. The minimum Gasteiger partial charge on any atom is -0.391 e.